The third-order valence-electron chi connectivity index (χ3n) is 5.10. The van der Waals surface area contributed by atoms with E-state index in [0.717, 1.165) is 11.1 Å². The maximum absolute atomic E-state index is 13.1. The standard InChI is InChI=1S/C25H30N4O4S/c1-5-33-23(31)21(18-9-7-6-8-10-18)29-14-20(26-16-29)28-22(30)19(13-17-11-12-34-15-17)27-24(32)25(2,3)4/h6-12,14-16,19,21H,5,13H2,1-4H3,(H,27,32)(H,28,30). The Morgan fingerprint density at radius 2 is 1.88 bits per heavy atom. The van der Waals surface area contributed by atoms with Crippen LogP contribution in [0.3, 0.4) is 0 Å². The fourth-order valence-electron chi connectivity index (χ4n) is 3.27. The van der Waals surface area contributed by atoms with Crippen molar-refractivity contribution < 1.29 is 19.1 Å². The first-order valence-electron chi connectivity index (χ1n) is 11.1. The Morgan fingerprint density at radius 3 is 2.50 bits per heavy atom. The highest BCUT2D eigenvalue weighted by molar-refractivity contribution is 7.07. The number of aromatic nitrogens is 2. The van der Waals surface area contributed by atoms with Crippen LogP contribution in [0.25, 0.3) is 0 Å². The molecule has 0 aliphatic heterocycles. The van der Waals surface area contributed by atoms with E-state index in [2.05, 4.69) is 15.6 Å². The van der Waals surface area contributed by atoms with Crippen molar-refractivity contribution in [1.29, 1.82) is 0 Å². The number of hydrogen-bond acceptors (Lipinski definition) is 6. The number of nitrogens with zero attached hydrogens (tertiary/aromatic N) is 2. The summed E-state index contributed by atoms with van der Waals surface area (Å²) < 4.78 is 6.86. The van der Waals surface area contributed by atoms with Gasteiger partial charge in [-0.25, -0.2) is 9.78 Å². The molecule has 0 saturated carbocycles. The van der Waals surface area contributed by atoms with E-state index >= 15 is 0 Å². The molecule has 2 N–H and O–H groups in total. The van der Waals surface area contributed by atoms with Gasteiger partial charge in [-0.2, -0.15) is 11.3 Å². The molecule has 3 rings (SSSR count). The van der Waals surface area contributed by atoms with Gasteiger partial charge in [0.2, 0.25) is 11.8 Å². The second-order valence-electron chi connectivity index (χ2n) is 8.87. The highest BCUT2D eigenvalue weighted by Crippen LogP contribution is 2.22. The number of thiophene rings is 1. The molecule has 0 aliphatic carbocycles. The molecule has 0 saturated heterocycles. The molecule has 8 nitrogen and oxygen atoms in total. The normalized spacial score (nSPS) is 13.1. The van der Waals surface area contributed by atoms with Gasteiger partial charge in [-0.1, -0.05) is 51.1 Å². The number of ether oxygens (including phenoxy) is 1. The first-order chi connectivity index (χ1) is 16.2. The van der Waals surface area contributed by atoms with Gasteiger partial charge in [0.05, 0.1) is 12.9 Å². The lowest BCUT2D eigenvalue weighted by molar-refractivity contribution is -0.145. The molecule has 0 aliphatic rings. The molecule has 9 heteroatoms. The van der Waals surface area contributed by atoms with Crippen molar-refractivity contribution in [2.45, 2.75) is 46.2 Å². The van der Waals surface area contributed by atoms with Crippen LogP contribution in [0.1, 0.15) is 44.9 Å². The molecule has 2 unspecified atom stereocenters. The van der Waals surface area contributed by atoms with Crippen molar-refractivity contribution in [3.8, 4) is 0 Å². The Hall–Kier alpha value is -3.46. The van der Waals surface area contributed by atoms with Crippen LogP contribution in [0.15, 0.2) is 59.7 Å². The van der Waals surface area contributed by atoms with Gasteiger partial charge < -0.3 is 19.9 Å². The molecule has 2 aromatic heterocycles. The zero-order valence-corrected chi connectivity index (χ0v) is 20.6. The average molecular weight is 483 g/mol. The predicted octanol–water partition coefficient (Wildman–Crippen LogP) is 3.81. The summed E-state index contributed by atoms with van der Waals surface area (Å²) in [6.07, 6.45) is 3.42. The van der Waals surface area contributed by atoms with Crippen molar-refractivity contribution in [3.63, 3.8) is 0 Å². The second kappa shape index (κ2) is 11.1. The van der Waals surface area contributed by atoms with Gasteiger partial charge in [-0.15, -0.1) is 0 Å². The molecular weight excluding hydrogens is 452 g/mol. The van der Waals surface area contributed by atoms with Crippen molar-refractivity contribution in [1.82, 2.24) is 14.9 Å². The summed E-state index contributed by atoms with van der Waals surface area (Å²) >= 11 is 1.53. The number of hydrogen-bond donors (Lipinski definition) is 2. The molecule has 0 spiro atoms. The van der Waals surface area contributed by atoms with Gasteiger partial charge in [-0.05, 0) is 34.9 Å². The highest BCUT2D eigenvalue weighted by Gasteiger charge is 2.29. The molecular formula is C25H30N4O4S. The molecule has 3 aromatic rings. The number of carbonyl (C=O) groups excluding carboxylic acids is 3. The third kappa shape index (κ3) is 6.54. The van der Waals surface area contributed by atoms with Crippen LogP contribution in [-0.2, 0) is 25.5 Å². The predicted molar refractivity (Wildman–Crippen MR) is 131 cm³/mol. The van der Waals surface area contributed by atoms with Gasteiger partial charge in [0, 0.05) is 18.0 Å². The highest BCUT2D eigenvalue weighted by atomic mass is 32.1. The van der Waals surface area contributed by atoms with Gasteiger partial charge in [-0.3, -0.25) is 9.59 Å². The molecule has 2 atom stereocenters. The van der Waals surface area contributed by atoms with E-state index in [0.29, 0.717) is 6.42 Å². The van der Waals surface area contributed by atoms with E-state index < -0.39 is 23.5 Å². The largest absolute Gasteiger partial charge is 0.464 e. The van der Waals surface area contributed by atoms with Crippen LogP contribution in [0.5, 0.6) is 0 Å². The van der Waals surface area contributed by atoms with Crippen molar-refractivity contribution in [3.05, 3.63) is 70.8 Å². The van der Waals surface area contributed by atoms with Gasteiger partial charge in [0.25, 0.3) is 0 Å². The fraction of sp³-hybridized carbons (Fsp3) is 0.360. The molecule has 0 radical (unpaired) electrons. The fourth-order valence-corrected chi connectivity index (χ4v) is 3.95. The molecule has 1 aromatic carbocycles. The monoisotopic (exact) mass is 482 g/mol. The van der Waals surface area contributed by atoms with Crippen LogP contribution in [0.2, 0.25) is 0 Å². The third-order valence-corrected chi connectivity index (χ3v) is 5.83. The lowest BCUT2D eigenvalue weighted by atomic mass is 9.94. The van der Waals surface area contributed by atoms with Crippen molar-refractivity contribution in [2.75, 3.05) is 11.9 Å². The molecule has 180 valence electrons. The molecule has 0 bridgehead atoms. The number of carbonyl (C=O) groups is 3. The van der Waals surface area contributed by atoms with Crippen LogP contribution in [0.4, 0.5) is 5.82 Å². The van der Waals surface area contributed by atoms with Crippen molar-refractivity contribution >= 4 is 34.9 Å². The topological polar surface area (TPSA) is 102 Å². The second-order valence-corrected chi connectivity index (χ2v) is 9.65. The summed E-state index contributed by atoms with van der Waals surface area (Å²) in [5.74, 6) is -0.756. The maximum Gasteiger partial charge on any atom is 0.333 e. The maximum atomic E-state index is 13.1. The average Bonchev–Trinajstić information content (AvgIpc) is 3.46. The first kappa shape index (κ1) is 25.2. The Morgan fingerprint density at radius 1 is 1.15 bits per heavy atom. The van der Waals surface area contributed by atoms with E-state index in [1.807, 2.05) is 47.2 Å². The smallest absolute Gasteiger partial charge is 0.333 e. The Labute approximate surface area is 203 Å². The number of rotatable bonds is 9. The van der Waals surface area contributed by atoms with Crippen LogP contribution < -0.4 is 10.6 Å². The number of esters is 1. The summed E-state index contributed by atoms with van der Waals surface area (Å²) in [4.78, 5) is 42.6. The van der Waals surface area contributed by atoms with E-state index in [-0.39, 0.29) is 24.2 Å². The molecule has 2 amide bonds. The van der Waals surface area contributed by atoms with Crippen LogP contribution in [-0.4, -0.2) is 40.0 Å². The minimum Gasteiger partial charge on any atom is -0.464 e. The minimum absolute atomic E-state index is 0.222. The zero-order valence-electron chi connectivity index (χ0n) is 19.8. The summed E-state index contributed by atoms with van der Waals surface area (Å²) in [6, 6.07) is 9.62. The molecule has 34 heavy (non-hydrogen) atoms. The Balaban J connectivity index is 1.80. The summed E-state index contributed by atoms with van der Waals surface area (Å²) in [6.45, 7) is 7.38. The van der Waals surface area contributed by atoms with Gasteiger partial charge in [0.15, 0.2) is 11.9 Å². The summed E-state index contributed by atoms with van der Waals surface area (Å²) in [5.41, 5.74) is 1.05. The Kier molecular flexibility index (Phi) is 8.22. The SMILES string of the molecule is CCOC(=O)C(c1ccccc1)n1cnc(NC(=O)C(Cc2ccsc2)NC(=O)C(C)(C)C)c1. The van der Waals surface area contributed by atoms with Gasteiger partial charge in [0.1, 0.15) is 6.04 Å². The quantitative estimate of drug-likeness (QED) is 0.452. The number of anilines is 1. The zero-order chi connectivity index (χ0) is 24.7. The van der Waals surface area contributed by atoms with E-state index in [9.17, 15) is 14.4 Å². The van der Waals surface area contributed by atoms with E-state index in [1.54, 1.807) is 38.5 Å². The number of nitrogens with one attached hydrogen (secondary N) is 2. The van der Waals surface area contributed by atoms with Gasteiger partial charge >= 0.3 is 5.97 Å². The Bertz CT molecular complexity index is 1100. The van der Waals surface area contributed by atoms with Crippen molar-refractivity contribution in [2.24, 2.45) is 5.41 Å². The van der Waals surface area contributed by atoms with E-state index in [1.165, 1.54) is 17.7 Å². The molecule has 2 heterocycles. The lowest BCUT2D eigenvalue weighted by Crippen LogP contribution is -2.48. The van der Waals surface area contributed by atoms with Crippen LogP contribution in [0, 0.1) is 5.41 Å². The molecule has 0 fully saturated rings. The van der Waals surface area contributed by atoms with E-state index in [4.69, 9.17) is 4.74 Å². The summed E-state index contributed by atoms with van der Waals surface area (Å²) in [7, 11) is 0. The number of imidazole rings is 1. The van der Waals surface area contributed by atoms with Crippen LogP contribution >= 0.6 is 11.3 Å². The lowest BCUT2D eigenvalue weighted by Gasteiger charge is -2.23. The summed E-state index contributed by atoms with van der Waals surface area (Å²) in [5, 5.41) is 9.50. The minimum atomic E-state index is -0.776. The number of benzene rings is 1. The number of amides is 2. The first-order valence-corrected chi connectivity index (χ1v) is 12.0.